The monoisotopic (exact) mass is 315 g/mol. The average molecular weight is 315 g/mol. The first kappa shape index (κ1) is 15.1. The molecular weight excluding hydrogens is 300 g/mol. The quantitative estimate of drug-likeness (QED) is 0.683. The number of carbonyl (C=O) groups is 1. The van der Waals surface area contributed by atoms with E-state index in [0.717, 1.165) is 11.1 Å². The second-order valence-electron chi connectivity index (χ2n) is 5.46. The summed E-state index contributed by atoms with van der Waals surface area (Å²) in [6.07, 6.45) is 0.437. The third-order valence-corrected chi connectivity index (χ3v) is 4.09. The van der Waals surface area contributed by atoms with Crippen molar-refractivity contribution < 1.29 is 13.6 Å². The van der Waals surface area contributed by atoms with Gasteiger partial charge in [-0.25, -0.2) is 8.78 Å². The number of rotatable bonds is 2. The van der Waals surface area contributed by atoms with Crippen LogP contribution in [0.15, 0.2) is 47.6 Å². The molecule has 1 aliphatic rings. The lowest BCUT2D eigenvalue weighted by Crippen LogP contribution is -2.41. The van der Waals surface area contributed by atoms with Crippen LogP contribution in [0.3, 0.4) is 0 Å². The van der Waals surface area contributed by atoms with E-state index in [1.807, 2.05) is 0 Å². The molecule has 0 heterocycles. The van der Waals surface area contributed by atoms with Crippen molar-refractivity contribution in [2.45, 2.75) is 12.5 Å². The molecule has 0 aromatic heterocycles. The normalized spacial score (nSPS) is 18.0. The van der Waals surface area contributed by atoms with Crippen molar-refractivity contribution in [1.29, 1.82) is 0 Å². The van der Waals surface area contributed by atoms with Crippen LogP contribution in [0.2, 0.25) is 0 Å². The Kier molecular flexibility index (Phi) is 3.82. The number of amides is 1. The highest BCUT2D eigenvalue weighted by molar-refractivity contribution is 6.10. The Labute approximate surface area is 132 Å². The molecule has 0 radical (unpaired) electrons. The lowest BCUT2D eigenvalue weighted by atomic mass is 10.1. The molecule has 0 saturated heterocycles. The molecule has 3 rings (SSSR count). The van der Waals surface area contributed by atoms with Gasteiger partial charge in [0.25, 0.3) is 5.91 Å². The molecule has 23 heavy (non-hydrogen) atoms. The summed E-state index contributed by atoms with van der Waals surface area (Å²) in [5.41, 5.74) is 2.42. The van der Waals surface area contributed by atoms with E-state index in [2.05, 4.69) is 5.10 Å². The summed E-state index contributed by atoms with van der Waals surface area (Å²) < 4.78 is 26.4. The summed E-state index contributed by atoms with van der Waals surface area (Å²) in [6, 6.07) is 9.33. The van der Waals surface area contributed by atoms with Gasteiger partial charge < -0.3 is 10.7 Å². The van der Waals surface area contributed by atoms with E-state index < -0.39 is 5.82 Å². The molecule has 2 aromatic rings. The fraction of sp³-hybridized carbons (Fsp3) is 0.176. The molecule has 118 valence electrons. The van der Waals surface area contributed by atoms with E-state index >= 15 is 0 Å². The van der Waals surface area contributed by atoms with Gasteiger partial charge in [0, 0.05) is 18.2 Å². The highest BCUT2D eigenvalue weighted by Gasteiger charge is 2.34. The van der Waals surface area contributed by atoms with Crippen molar-refractivity contribution in [3.8, 4) is 0 Å². The Hall–Kier alpha value is -2.76. The Balaban J connectivity index is 1.90. The minimum Gasteiger partial charge on any atom is -0.333 e. The van der Waals surface area contributed by atoms with Crippen molar-refractivity contribution in [2.24, 2.45) is 10.9 Å². The molecule has 2 N–H and O–H groups in total. The Morgan fingerprint density at radius 1 is 1.17 bits per heavy atom. The van der Waals surface area contributed by atoms with Crippen molar-refractivity contribution in [3.05, 3.63) is 70.8 Å². The molecule has 0 fully saturated rings. The minimum absolute atomic E-state index is 0.274. The van der Waals surface area contributed by atoms with Crippen LogP contribution in [0, 0.1) is 11.6 Å². The predicted octanol–water partition coefficient (Wildman–Crippen LogP) is 2.32. The van der Waals surface area contributed by atoms with Crippen molar-refractivity contribution >= 4 is 11.6 Å². The predicted molar refractivity (Wildman–Crippen MR) is 83.1 cm³/mol. The summed E-state index contributed by atoms with van der Waals surface area (Å²) in [7, 11) is 1.63. The SMILES string of the molecule is CN(C(=O)c1ccc(F)cc1)C1Cc2cc(F)ccc2/C1=N/N. The molecule has 2 aromatic carbocycles. The maximum atomic E-state index is 13.4. The third kappa shape index (κ3) is 2.67. The van der Waals surface area contributed by atoms with Crippen molar-refractivity contribution in [3.63, 3.8) is 0 Å². The molecule has 0 spiro atoms. The highest BCUT2D eigenvalue weighted by Crippen LogP contribution is 2.27. The van der Waals surface area contributed by atoms with Crippen LogP contribution in [-0.4, -0.2) is 29.6 Å². The number of fused-ring (bicyclic) bond motifs is 1. The maximum Gasteiger partial charge on any atom is 0.254 e. The summed E-state index contributed by atoms with van der Waals surface area (Å²) >= 11 is 0. The number of likely N-dealkylation sites (N-methyl/N-ethyl adjacent to an activating group) is 1. The summed E-state index contributed by atoms with van der Waals surface area (Å²) in [4.78, 5) is 14.1. The number of nitrogens with zero attached hydrogens (tertiary/aromatic N) is 2. The first-order valence-electron chi connectivity index (χ1n) is 7.10. The van der Waals surface area contributed by atoms with Gasteiger partial charge in [-0.05, 0) is 54.4 Å². The van der Waals surface area contributed by atoms with Gasteiger partial charge in [-0.2, -0.15) is 5.10 Å². The zero-order chi connectivity index (χ0) is 16.6. The number of hydrogen-bond donors (Lipinski definition) is 1. The van der Waals surface area contributed by atoms with Gasteiger partial charge in [-0.15, -0.1) is 0 Å². The van der Waals surface area contributed by atoms with E-state index in [1.165, 1.54) is 41.3 Å². The molecule has 1 aliphatic carbocycles. The maximum absolute atomic E-state index is 13.4. The number of nitrogens with two attached hydrogens (primary N) is 1. The zero-order valence-corrected chi connectivity index (χ0v) is 12.5. The second-order valence-corrected chi connectivity index (χ2v) is 5.46. The zero-order valence-electron chi connectivity index (χ0n) is 12.5. The van der Waals surface area contributed by atoms with Crippen LogP contribution in [0.1, 0.15) is 21.5 Å². The molecule has 1 unspecified atom stereocenters. The summed E-state index contributed by atoms with van der Waals surface area (Å²) in [5.74, 6) is 4.46. The molecule has 0 bridgehead atoms. The van der Waals surface area contributed by atoms with E-state index in [-0.39, 0.29) is 17.8 Å². The number of hydrazone groups is 1. The van der Waals surface area contributed by atoms with Crippen molar-refractivity contribution in [2.75, 3.05) is 7.05 Å². The first-order valence-corrected chi connectivity index (χ1v) is 7.10. The van der Waals surface area contributed by atoms with Crippen LogP contribution in [0.4, 0.5) is 8.78 Å². The van der Waals surface area contributed by atoms with Gasteiger partial charge in [0.1, 0.15) is 11.6 Å². The second kappa shape index (κ2) is 5.79. The van der Waals surface area contributed by atoms with Gasteiger partial charge in [0.05, 0.1) is 11.8 Å². The first-order chi connectivity index (χ1) is 11.0. The van der Waals surface area contributed by atoms with Crippen molar-refractivity contribution in [1.82, 2.24) is 4.90 Å². The molecule has 0 aliphatic heterocycles. The largest absolute Gasteiger partial charge is 0.333 e. The van der Waals surface area contributed by atoms with Crippen LogP contribution >= 0.6 is 0 Å². The fourth-order valence-corrected chi connectivity index (χ4v) is 2.88. The number of halogens is 2. The number of carbonyl (C=O) groups excluding carboxylic acids is 1. The van der Waals surface area contributed by atoms with Crippen LogP contribution in [0.25, 0.3) is 0 Å². The van der Waals surface area contributed by atoms with Gasteiger partial charge >= 0.3 is 0 Å². The number of benzene rings is 2. The van der Waals surface area contributed by atoms with E-state index in [0.29, 0.717) is 17.7 Å². The smallest absolute Gasteiger partial charge is 0.254 e. The van der Waals surface area contributed by atoms with Gasteiger partial charge in [-0.3, -0.25) is 4.79 Å². The van der Waals surface area contributed by atoms with Gasteiger partial charge in [-0.1, -0.05) is 0 Å². The van der Waals surface area contributed by atoms with E-state index in [9.17, 15) is 13.6 Å². The topological polar surface area (TPSA) is 58.7 Å². The summed E-state index contributed by atoms with van der Waals surface area (Å²) in [5, 5.41) is 3.79. The van der Waals surface area contributed by atoms with Gasteiger partial charge in [0.15, 0.2) is 0 Å². The lowest BCUT2D eigenvalue weighted by Gasteiger charge is -2.25. The Morgan fingerprint density at radius 3 is 2.48 bits per heavy atom. The molecule has 1 atom stereocenters. The highest BCUT2D eigenvalue weighted by atomic mass is 19.1. The minimum atomic E-state index is -0.405. The fourth-order valence-electron chi connectivity index (χ4n) is 2.88. The van der Waals surface area contributed by atoms with E-state index in [1.54, 1.807) is 13.1 Å². The van der Waals surface area contributed by atoms with Crippen LogP contribution in [0.5, 0.6) is 0 Å². The molecule has 4 nitrogen and oxygen atoms in total. The summed E-state index contributed by atoms with van der Waals surface area (Å²) in [6.45, 7) is 0. The Morgan fingerprint density at radius 2 is 1.83 bits per heavy atom. The molecule has 0 saturated carbocycles. The third-order valence-electron chi connectivity index (χ3n) is 4.09. The van der Waals surface area contributed by atoms with Crippen LogP contribution in [-0.2, 0) is 6.42 Å². The molecular formula is C17H15F2N3O. The van der Waals surface area contributed by atoms with E-state index in [4.69, 9.17) is 5.84 Å². The lowest BCUT2D eigenvalue weighted by molar-refractivity contribution is 0.0772. The van der Waals surface area contributed by atoms with Crippen LogP contribution < -0.4 is 5.84 Å². The standard InChI is InChI=1S/C17H15F2N3O/c1-22(17(23)10-2-4-12(18)5-3-10)15-9-11-8-13(19)6-7-14(11)16(15)21-20/h2-8,15H,9,20H2,1H3/b21-16-. The Bertz CT molecular complexity index is 787. The van der Waals surface area contributed by atoms with Gasteiger partial charge in [0.2, 0.25) is 0 Å². The molecule has 6 heteroatoms. The number of hydrogen-bond acceptors (Lipinski definition) is 3. The average Bonchev–Trinajstić information content (AvgIpc) is 2.91. The molecule has 1 amide bonds.